The third-order valence-electron chi connectivity index (χ3n) is 1.29. The van der Waals surface area contributed by atoms with E-state index in [0.29, 0.717) is 0 Å². The van der Waals surface area contributed by atoms with Crippen LogP contribution in [0.5, 0.6) is 0 Å². The van der Waals surface area contributed by atoms with Crippen molar-refractivity contribution in [3.8, 4) is 0 Å². The average molecular weight is 158 g/mol. The molecule has 0 spiro atoms. The van der Waals surface area contributed by atoms with E-state index in [2.05, 4.69) is 31.1 Å². The number of amidine groups is 1. The number of nitrogens with zero attached hydrogens (tertiary/aromatic N) is 1. The largest absolute Gasteiger partial charge is 0.365 e. The van der Waals surface area contributed by atoms with Gasteiger partial charge in [-0.2, -0.15) is 0 Å². The van der Waals surface area contributed by atoms with E-state index in [0.717, 1.165) is 17.5 Å². The molecule has 0 amide bonds. The predicted octanol–water partition coefficient (Wildman–Crippen LogP) is 1.48. The van der Waals surface area contributed by atoms with Gasteiger partial charge in [-0.3, -0.25) is 4.99 Å². The second-order valence-corrected chi connectivity index (χ2v) is 4.01. The molecule has 1 rings (SSSR count). The number of thioether (sulfide) groups is 1. The number of hydrogen-bond acceptors (Lipinski definition) is 3. The van der Waals surface area contributed by atoms with Gasteiger partial charge in [0, 0.05) is 12.3 Å². The van der Waals surface area contributed by atoms with E-state index >= 15 is 0 Å². The minimum absolute atomic E-state index is 0.155. The van der Waals surface area contributed by atoms with Crippen LogP contribution in [0.3, 0.4) is 0 Å². The lowest BCUT2D eigenvalue weighted by molar-refractivity contribution is 0.602. The number of nitrogens with one attached hydrogen (secondary N) is 1. The first-order valence-corrected chi connectivity index (χ1v) is 4.59. The van der Waals surface area contributed by atoms with Crippen LogP contribution in [0.4, 0.5) is 0 Å². The smallest absolute Gasteiger partial charge is 0.157 e. The molecule has 10 heavy (non-hydrogen) atoms. The summed E-state index contributed by atoms with van der Waals surface area (Å²) in [7, 11) is 0. The van der Waals surface area contributed by atoms with Gasteiger partial charge in [0.2, 0.25) is 0 Å². The van der Waals surface area contributed by atoms with E-state index in [9.17, 15) is 0 Å². The Labute approximate surface area is 66.5 Å². The summed E-state index contributed by atoms with van der Waals surface area (Å²) in [5.41, 5.74) is 0.155. The summed E-state index contributed by atoms with van der Waals surface area (Å²) in [4.78, 5) is 4.48. The summed E-state index contributed by atoms with van der Waals surface area (Å²) in [6.45, 7) is 7.38. The Kier molecular flexibility index (Phi) is 2.24. The van der Waals surface area contributed by atoms with E-state index in [-0.39, 0.29) is 5.54 Å². The van der Waals surface area contributed by atoms with Gasteiger partial charge < -0.3 is 5.32 Å². The molecular formula is C7H14N2S. The lowest BCUT2D eigenvalue weighted by Crippen LogP contribution is -2.19. The van der Waals surface area contributed by atoms with Crippen LogP contribution in [0.15, 0.2) is 4.99 Å². The van der Waals surface area contributed by atoms with Crippen LogP contribution in [-0.4, -0.2) is 23.0 Å². The summed E-state index contributed by atoms with van der Waals surface area (Å²) in [6, 6.07) is 0. The molecule has 58 valence electrons. The minimum Gasteiger partial charge on any atom is -0.365 e. The fraction of sp³-hybridized carbons (Fsp3) is 0.857. The monoisotopic (exact) mass is 158 g/mol. The van der Waals surface area contributed by atoms with Gasteiger partial charge in [0.25, 0.3) is 0 Å². The summed E-state index contributed by atoms with van der Waals surface area (Å²) >= 11 is 1.81. The Morgan fingerprint density at radius 1 is 1.70 bits per heavy atom. The van der Waals surface area contributed by atoms with E-state index in [1.54, 1.807) is 0 Å². The summed E-state index contributed by atoms with van der Waals surface area (Å²) < 4.78 is 0. The summed E-state index contributed by atoms with van der Waals surface area (Å²) in [5.74, 6) is 1.11. The molecule has 0 aromatic heterocycles. The fourth-order valence-electron chi connectivity index (χ4n) is 0.826. The maximum Gasteiger partial charge on any atom is 0.157 e. The van der Waals surface area contributed by atoms with Gasteiger partial charge in [0.15, 0.2) is 5.17 Å². The predicted molar refractivity (Wildman–Crippen MR) is 47.6 cm³/mol. The van der Waals surface area contributed by atoms with Gasteiger partial charge in [-0.15, -0.1) is 0 Å². The number of rotatable bonds is 1. The SMILES string of the molecule is CCNC1=NC(C)(C)CS1. The zero-order valence-electron chi connectivity index (χ0n) is 6.77. The van der Waals surface area contributed by atoms with Gasteiger partial charge >= 0.3 is 0 Å². The zero-order chi connectivity index (χ0) is 7.61. The first kappa shape index (κ1) is 7.92. The molecule has 0 aromatic carbocycles. The number of aliphatic imine (C=N–C) groups is 1. The molecule has 2 nitrogen and oxygen atoms in total. The van der Waals surface area contributed by atoms with Crippen molar-refractivity contribution < 1.29 is 0 Å². The molecule has 0 radical (unpaired) electrons. The molecule has 0 fully saturated rings. The van der Waals surface area contributed by atoms with Crippen molar-refractivity contribution in [1.82, 2.24) is 5.32 Å². The third kappa shape index (κ3) is 1.90. The second-order valence-electron chi connectivity index (χ2n) is 3.05. The molecule has 1 aliphatic rings. The Morgan fingerprint density at radius 3 is 2.80 bits per heavy atom. The van der Waals surface area contributed by atoms with Crippen molar-refractivity contribution in [3.05, 3.63) is 0 Å². The number of hydrogen-bond donors (Lipinski definition) is 1. The van der Waals surface area contributed by atoms with Crippen molar-refractivity contribution in [2.45, 2.75) is 26.3 Å². The Morgan fingerprint density at radius 2 is 2.40 bits per heavy atom. The highest BCUT2D eigenvalue weighted by atomic mass is 32.2. The molecule has 0 unspecified atom stereocenters. The van der Waals surface area contributed by atoms with Crippen LogP contribution in [0.25, 0.3) is 0 Å². The van der Waals surface area contributed by atoms with Crippen LogP contribution in [0.2, 0.25) is 0 Å². The van der Waals surface area contributed by atoms with Crippen molar-refractivity contribution in [2.75, 3.05) is 12.3 Å². The van der Waals surface area contributed by atoms with Gasteiger partial charge in [0.1, 0.15) is 0 Å². The zero-order valence-corrected chi connectivity index (χ0v) is 7.59. The van der Waals surface area contributed by atoms with Crippen molar-refractivity contribution in [1.29, 1.82) is 0 Å². The Bertz CT molecular complexity index is 152. The Hall–Kier alpha value is -0.180. The highest BCUT2D eigenvalue weighted by Crippen LogP contribution is 2.25. The lowest BCUT2D eigenvalue weighted by atomic mass is 10.1. The average Bonchev–Trinajstić information content (AvgIpc) is 2.12. The van der Waals surface area contributed by atoms with Crippen LogP contribution in [0.1, 0.15) is 20.8 Å². The van der Waals surface area contributed by atoms with Crippen LogP contribution >= 0.6 is 11.8 Å². The van der Waals surface area contributed by atoms with Crippen molar-refractivity contribution in [2.24, 2.45) is 4.99 Å². The van der Waals surface area contributed by atoms with E-state index < -0.39 is 0 Å². The van der Waals surface area contributed by atoms with E-state index in [4.69, 9.17) is 0 Å². The first-order valence-electron chi connectivity index (χ1n) is 3.60. The normalized spacial score (nSPS) is 22.5. The lowest BCUT2D eigenvalue weighted by Gasteiger charge is -2.09. The second kappa shape index (κ2) is 2.82. The van der Waals surface area contributed by atoms with Crippen LogP contribution < -0.4 is 5.32 Å². The maximum atomic E-state index is 4.48. The van der Waals surface area contributed by atoms with Gasteiger partial charge in [-0.05, 0) is 20.8 Å². The standard InChI is InChI=1S/C7H14N2S/c1-4-8-6-9-7(2,3)5-10-6/h4-5H2,1-3H3,(H,8,9). The highest BCUT2D eigenvalue weighted by molar-refractivity contribution is 8.14. The Balaban J connectivity index is 2.49. The molecule has 1 aliphatic heterocycles. The van der Waals surface area contributed by atoms with Gasteiger partial charge in [-0.25, -0.2) is 0 Å². The molecule has 0 aromatic rings. The summed E-state index contributed by atoms with van der Waals surface area (Å²) in [6.07, 6.45) is 0. The first-order chi connectivity index (χ1) is 4.64. The maximum absolute atomic E-state index is 4.48. The van der Waals surface area contributed by atoms with Gasteiger partial charge in [0.05, 0.1) is 5.54 Å². The van der Waals surface area contributed by atoms with Crippen molar-refractivity contribution >= 4 is 16.9 Å². The van der Waals surface area contributed by atoms with Crippen LogP contribution in [-0.2, 0) is 0 Å². The van der Waals surface area contributed by atoms with Crippen molar-refractivity contribution in [3.63, 3.8) is 0 Å². The third-order valence-corrected chi connectivity index (χ3v) is 2.65. The molecule has 3 heteroatoms. The fourth-order valence-corrected chi connectivity index (χ4v) is 1.94. The molecular weight excluding hydrogens is 144 g/mol. The topological polar surface area (TPSA) is 24.4 Å². The van der Waals surface area contributed by atoms with E-state index in [1.807, 2.05) is 11.8 Å². The molecule has 0 bridgehead atoms. The molecule has 0 atom stereocenters. The van der Waals surface area contributed by atoms with E-state index in [1.165, 1.54) is 0 Å². The summed E-state index contributed by atoms with van der Waals surface area (Å²) in [5, 5.41) is 4.32. The highest BCUT2D eigenvalue weighted by Gasteiger charge is 2.24. The van der Waals surface area contributed by atoms with Crippen LogP contribution in [0, 0.1) is 0 Å². The molecule has 0 saturated heterocycles. The molecule has 1 N–H and O–H groups in total. The quantitative estimate of drug-likeness (QED) is 0.625. The molecule has 0 saturated carbocycles. The molecule has 0 aliphatic carbocycles. The van der Waals surface area contributed by atoms with Gasteiger partial charge in [-0.1, -0.05) is 11.8 Å². The minimum atomic E-state index is 0.155. The molecule has 1 heterocycles.